The van der Waals surface area contributed by atoms with Crippen LogP contribution in [0.4, 0.5) is 0 Å². The summed E-state index contributed by atoms with van der Waals surface area (Å²) in [7, 11) is 0. The summed E-state index contributed by atoms with van der Waals surface area (Å²) < 4.78 is 11.7. The molecule has 1 saturated heterocycles. The van der Waals surface area contributed by atoms with Crippen molar-refractivity contribution in [2.24, 2.45) is 5.11 Å². The Balaban J connectivity index is 2.70. The van der Waals surface area contributed by atoms with E-state index in [1.807, 2.05) is 0 Å². The lowest BCUT2D eigenvalue weighted by atomic mass is 9.97. The lowest BCUT2D eigenvalue weighted by Crippen LogP contribution is -2.63. The zero-order valence-electron chi connectivity index (χ0n) is 9.80. The molecule has 1 unspecified atom stereocenters. The van der Waals surface area contributed by atoms with Gasteiger partial charge in [0.2, 0.25) is 5.91 Å². The molecule has 1 aliphatic heterocycles. The fourth-order valence-electron chi connectivity index (χ4n) is 1.56. The van der Waals surface area contributed by atoms with Gasteiger partial charge in [-0.1, -0.05) is 5.11 Å². The van der Waals surface area contributed by atoms with E-state index < -0.39 is 43.5 Å². The first kappa shape index (κ1) is 12.1. The fourth-order valence-corrected chi connectivity index (χ4v) is 1.56. The van der Waals surface area contributed by atoms with Gasteiger partial charge in [-0.15, -0.1) is 0 Å². The molecule has 0 radical (unpaired) electrons. The molecule has 0 aliphatic carbocycles. The monoisotopic (exact) mass is 247 g/mol. The summed E-state index contributed by atoms with van der Waals surface area (Å²) in [6.07, 6.45) is -5.52. The standard InChI is InChI=1S/C8H14N4O5/c1-3(13)11-5-7(15)6(14)4(2-10-12-9)17-8(5)16/h4-8,14-16H,2H2,1H3,(H,11,13)/t4-,5-,6+,7-,8?/m1/s1/i1D. The fraction of sp³-hybridized carbons (Fsp3) is 0.875. The number of rotatable bonds is 3. The molecular formula is C8H14N4O5. The minimum Gasteiger partial charge on any atom is -0.388 e. The summed E-state index contributed by atoms with van der Waals surface area (Å²) >= 11 is 0. The SMILES string of the molecule is [2H]CC(=O)N[C@H]1C(O)O[C@H](CN=[N+]=[N-])[C@H](O)[C@@H]1O. The van der Waals surface area contributed by atoms with E-state index in [0.29, 0.717) is 0 Å². The molecule has 9 heteroatoms. The maximum absolute atomic E-state index is 11.0. The highest BCUT2D eigenvalue weighted by Crippen LogP contribution is 2.20. The molecule has 1 fully saturated rings. The van der Waals surface area contributed by atoms with Gasteiger partial charge in [0.1, 0.15) is 18.2 Å². The van der Waals surface area contributed by atoms with E-state index in [1.54, 1.807) is 0 Å². The van der Waals surface area contributed by atoms with Crippen molar-refractivity contribution >= 4 is 5.91 Å². The van der Waals surface area contributed by atoms with Gasteiger partial charge < -0.3 is 25.4 Å². The van der Waals surface area contributed by atoms with Crippen LogP contribution in [-0.4, -0.2) is 58.4 Å². The number of nitrogens with one attached hydrogen (secondary N) is 1. The van der Waals surface area contributed by atoms with Gasteiger partial charge in [0.05, 0.1) is 12.6 Å². The van der Waals surface area contributed by atoms with Gasteiger partial charge in [-0.05, 0) is 5.53 Å². The molecule has 1 rings (SSSR count). The van der Waals surface area contributed by atoms with E-state index in [0.717, 1.165) is 0 Å². The lowest BCUT2D eigenvalue weighted by Gasteiger charge is -2.40. The number of azide groups is 1. The Hall–Kier alpha value is -1.38. The van der Waals surface area contributed by atoms with Gasteiger partial charge in [0, 0.05) is 13.2 Å². The van der Waals surface area contributed by atoms with Crippen molar-refractivity contribution in [3.63, 3.8) is 0 Å². The summed E-state index contributed by atoms with van der Waals surface area (Å²) in [5, 5.41) is 34.3. The normalized spacial score (nSPS) is 37.8. The van der Waals surface area contributed by atoms with E-state index in [4.69, 9.17) is 11.6 Å². The van der Waals surface area contributed by atoms with Gasteiger partial charge >= 0.3 is 0 Å². The average molecular weight is 247 g/mol. The van der Waals surface area contributed by atoms with Crippen LogP contribution in [0.2, 0.25) is 0 Å². The average Bonchev–Trinajstić information content (AvgIpc) is 2.36. The number of amides is 1. The first-order chi connectivity index (χ1) is 8.51. The lowest BCUT2D eigenvalue weighted by molar-refractivity contribution is -0.244. The van der Waals surface area contributed by atoms with Crippen LogP contribution in [0.1, 0.15) is 8.27 Å². The van der Waals surface area contributed by atoms with Crippen LogP contribution < -0.4 is 5.32 Å². The van der Waals surface area contributed by atoms with Crippen LogP contribution in [0.3, 0.4) is 0 Å². The number of carbonyl (C=O) groups excluding carboxylic acids is 1. The molecule has 0 aromatic carbocycles. The molecule has 0 saturated carbocycles. The third-order valence-electron chi connectivity index (χ3n) is 2.37. The number of hydrogen-bond acceptors (Lipinski definition) is 6. The molecular weight excluding hydrogens is 232 g/mol. The quantitative estimate of drug-likeness (QED) is 0.265. The topological polar surface area (TPSA) is 148 Å². The van der Waals surface area contributed by atoms with Crippen molar-refractivity contribution in [3.8, 4) is 0 Å². The molecule has 9 nitrogen and oxygen atoms in total. The molecule has 0 bridgehead atoms. The number of carbonyl (C=O) groups is 1. The second-order valence-electron chi connectivity index (χ2n) is 3.55. The zero-order chi connectivity index (χ0) is 13.7. The molecule has 5 atom stereocenters. The van der Waals surface area contributed by atoms with Crippen LogP contribution in [0.25, 0.3) is 10.4 Å². The van der Waals surface area contributed by atoms with Gasteiger partial charge in [-0.2, -0.15) is 0 Å². The maximum Gasteiger partial charge on any atom is 0.217 e. The van der Waals surface area contributed by atoms with E-state index in [1.165, 1.54) is 0 Å². The van der Waals surface area contributed by atoms with Crippen LogP contribution >= 0.6 is 0 Å². The number of aliphatic hydroxyl groups excluding tert-OH is 3. The predicted molar refractivity (Wildman–Crippen MR) is 54.5 cm³/mol. The Morgan fingerprint density at radius 1 is 1.59 bits per heavy atom. The summed E-state index contributed by atoms with van der Waals surface area (Å²) in [6, 6.07) is -1.24. The number of hydrogen-bond donors (Lipinski definition) is 4. The number of ether oxygens (including phenoxy) is 1. The van der Waals surface area contributed by atoms with Gasteiger partial charge in [0.15, 0.2) is 6.29 Å². The summed E-state index contributed by atoms with van der Waals surface area (Å²) in [6.45, 7) is -0.834. The first-order valence-electron chi connectivity index (χ1n) is 5.51. The van der Waals surface area contributed by atoms with Crippen LogP contribution in [0, 0.1) is 0 Å². The molecule has 4 N–H and O–H groups in total. The van der Waals surface area contributed by atoms with Gasteiger partial charge in [0.25, 0.3) is 0 Å². The van der Waals surface area contributed by atoms with Crippen LogP contribution in [0.5, 0.6) is 0 Å². The smallest absolute Gasteiger partial charge is 0.217 e. The Morgan fingerprint density at radius 3 is 2.88 bits per heavy atom. The van der Waals surface area contributed by atoms with Crippen LogP contribution in [-0.2, 0) is 9.53 Å². The van der Waals surface area contributed by atoms with Crippen molar-refractivity contribution in [1.29, 1.82) is 0 Å². The van der Waals surface area contributed by atoms with Crippen molar-refractivity contribution in [2.45, 2.75) is 37.5 Å². The van der Waals surface area contributed by atoms with Crippen molar-refractivity contribution in [3.05, 3.63) is 10.4 Å². The molecule has 96 valence electrons. The largest absolute Gasteiger partial charge is 0.388 e. The van der Waals surface area contributed by atoms with Crippen molar-refractivity contribution in [2.75, 3.05) is 6.54 Å². The van der Waals surface area contributed by atoms with Crippen molar-refractivity contribution in [1.82, 2.24) is 5.32 Å². The Kier molecular flexibility index (Phi) is 4.13. The number of aliphatic hydroxyl groups is 3. The molecule has 1 aliphatic rings. The summed E-state index contributed by atoms with van der Waals surface area (Å²) in [5.41, 5.74) is 8.14. The summed E-state index contributed by atoms with van der Waals surface area (Å²) in [4.78, 5) is 13.5. The summed E-state index contributed by atoms with van der Waals surface area (Å²) in [5.74, 6) is -0.720. The molecule has 0 aromatic rings. The predicted octanol–water partition coefficient (Wildman–Crippen LogP) is -1.76. The van der Waals surface area contributed by atoms with E-state index in [-0.39, 0.29) is 6.54 Å². The highest BCUT2D eigenvalue weighted by Gasteiger charge is 2.43. The maximum atomic E-state index is 11.0. The third-order valence-corrected chi connectivity index (χ3v) is 2.37. The molecule has 1 amide bonds. The first-order valence-corrected chi connectivity index (χ1v) is 4.80. The van der Waals surface area contributed by atoms with Gasteiger partial charge in [-0.3, -0.25) is 4.79 Å². The highest BCUT2D eigenvalue weighted by atomic mass is 16.6. The Bertz CT molecular complexity index is 350. The highest BCUT2D eigenvalue weighted by molar-refractivity contribution is 5.73. The number of nitrogens with zero attached hydrogens (tertiary/aromatic N) is 3. The zero-order valence-corrected chi connectivity index (χ0v) is 8.80. The minimum absolute atomic E-state index is 0.259. The molecule has 0 spiro atoms. The Morgan fingerprint density at radius 2 is 2.29 bits per heavy atom. The van der Waals surface area contributed by atoms with Crippen molar-refractivity contribution < 1.29 is 26.2 Å². The third kappa shape index (κ3) is 3.29. The van der Waals surface area contributed by atoms with E-state index in [9.17, 15) is 20.1 Å². The Labute approximate surface area is 98.0 Å². The van der Waals surface area contributed by atoms with E-state index in [2.05, 4.69) is 15.3 Å². The van der Waals surface area contributed by atoms with E-state index >= 15 is 0 Å². The molecule has 0 aromatic heterocycles. The minimum atomic E-state index is -1.56. The van der Waals surface area contributed by atoms with Gasteiger partial charge in [-0.25, -0.2) is 0 Å². The second-order valence-corrected chi connectivity index (χ2v) is 3.55. The second kappa shape index (κ2) is 5.80. The molecule has 17 heavy (non-hydrogen) atoms. The molecule has 1 heterocycles. The van der Waals surface area contributed by atoms with Crippen LogP contribution in [0.15, 0.2) is 5.11 Å².